The van der Waals surface area contributed by atoms with E-state index in [0.717, 1.165) is 5.82 Å². The van der Waals surface area contributed by atoms with Crippen molar-refractivity contribution >= 4 is 5.91 Å². The summed E-state index contributed by atoms with van der Waals surface area (Å²) in [6.45, 7) is 3.71. The van der Waals surface area contributed by atoms with E-state index in [1.54, 1.807) is 21.9 Å². The molecule has 6 nitrogen and oxygen atoms in total. The average molecular weight is 342 g/mol. The number of carbonyl (C=O) groups is 1. The molecule has 1 aromatic rings. The number of carbonyl (C=O) groups excluding carboxylic acids is 1. The van der Waals surface area contributed by atoms with Gasteiger partial charge in [-0.3, -0.25) is 9.69 Å². The number of aliphatic hydroxyl groups is 1. The van der Waals surface area contributed by atoms with Crippen LogP contribution in [0, 0.1) is 6.92 Å². The zero-order valence-electron chi connectivity index (χ0n) is 13.9. The van der Waals surface area contributed by atoms with Crippen LogP contribution in [0.15, 0.2) is 12.4 Å². The van der Waals surface area contributed by atoms with Crippen molar-refractivity contribution < 1.29 is 18.7 Å². The highest BCUT2D eigenvalue weighted by Crippen LogP contribution is 2.30. The number of aryl methyl sites for hydroxylation is 1. The molecule has 0 unspecified atom stereocenters. The monoisotopic (exact) mass is 342 g/mol. The van der Waals surface area contributed by atoms with Crippen molar-refractivity contribution in [3.8, 4) is 0 Å². The molecule has 0 spiro atoms. The third kappa shape index (κ3) is 3.92. The highest BCUT2D eigenvalue weighted by atomic mass is 19.3. The van der Waals surface area contributed by atoms with Crippen molar-refractivity contribution in [2.24, 2.45) is 0 Å². The van der Waals surface area contributed by atoms with Gasteiger partial charge in [0.15, 0.2) is 0 Å². The van der Waals surface area contributed by atoms with Gasteiger partial charge in [0.05, 0.1) is 12.1 Å². The first kappa shape index (κ1) is 17.3. The van der Waals surface area contributed by atoms with Gasteiger partial charge in [0, 0.05) is 51.4 Å². The molecule has 2 saturated heterocycles. The molecule has 2 aliphatic rings. The van der Waals surface area contributed by atoms with Gasteiger partial charge in [0.1, 0.15) is 12.4 Å². The van der Waals surface area contributed by atoms with Gasteiger partial charge in [-0.25, -0.2) is 13.8 Å². The number of rotatable bonds is 4. The molecule has 0 saturated carbocycles. The fraction of sp³-hybridized carbons (Fsp3) is 0.750. The number of β-amino-alcohol motifs (C(OH)–C–C–N with tert-alkyl or cyclic N) is 1. The number of halogens is 2. The van der Waals surface area contributed by atoms with Crippen LogP contribution in [0.25, 0.3) is 0 Å². The van der Waals surface area contributed by atoms with Crippen LogP contribution in [0.2, 0.25) is 0 Å². The van der Waals surface area contributed by atoms with Gasteiger partial charge in [-0.1, -0.05) is 0 Å². The molecule has 0 radical (unpaired) electrons. The Bertz CT molecular complexity index is 597. The van der Waals surface area contributed by atoms with E-state index in [1.807, 2.05) is 11.8 Å². The molecule has 1 N–H and O–H groups in total. The molecule has 1 aromatic heterocycles. The van der Waals surface area contributed by atoms with Crippen LogP contribution >= 0.6 is 0 Å². The second-order valence-corrected chi connectivity index (χ2v) is 7.02. The van der Waals surface area contributed by atoms with Crippen LogP contribution in [0.4, 0.5) is 8.78 Å². The van der Waals surface area contributed by atoms with Gasteiger partial charge in [0.25, 0.3) is 5.92 Å². The Morgan fingerprint density at radius 2 is 2.00 bits per heavy atom. The summed E-state index contributed by atoms with van der Waals surface area (Å²) in [5.74, 6) is -1.87. The first-order chi connectivity index (χ1) is 11.3. The van der Waals surface area contributed by atoms with E-state index in [4.69, 9.17) is 0 Å². The summed E-state index contributed by atoms with van der Waals surface area (Å²) in [5.41, 5.74) is -1.01. The minimum Gasteiger partial charge on any atom is -0.387 e. The predicted molar refractivity (Wildman–Crippen MR) is 83.7 cm³/mol. The van der Waals surface area contributed by atoms with E-state index in [0.29, 0.717) is 19.5 Å². The van der Waals surface area contributed by atoms with Gasteiger partial charge in [-0.05, 0) is 13.3 Å². The molecule has 24 heavy (non-hydrogen) atoms. The minimum atomic E-state index is -2.58. The van der Waals surface area contributed by atoms with E-state index < -0.39 is 11.5 Å². The predicted octanol–water partition coefficient (Wildman–Crippen LogP) is 0.886. The van der Waals surface area contributed by atoms with Gasteiger partial charge in [-0.2, -0.15) is 0 Å². The third-order valence-electron chi connectivity index (χ3n) is 5.02. The van der Waals surface area contributed by atoms with Crippen molar-refractivity contribution in [2.75, 3.05) is 32.7 Å². The lowest BCUT2D eigenvalue weighted by molar-refractivity contribution is -0.132. The van der Waals surface area contributed by atoms with Crippen LogP contribution in [-0.2, 0) is 11.3 Å². The lowest BCUT2D eigenvalue weighted by atomic mass is 10.00. The zero-order chi connectivity index (χ0) is 17.4. The Balaban J connectivity index is 1.52. The molecule has 134 valence electrons. The van der Waals surface area contributed by atoms with Crippen molar-refractivity contribution in [2.45, 2.75) is 44.3 Å². The molecule has 2 fully saturated rings. The lowest BCUT2D eigenvalue weighted by Crippen LogP contribution is -2.49. The minimum absolute atomic E-state index is 0.0581. The Hall–Kier alpha value is -1.54. The first-order valence-corrected chi connectivity index (χ1v) is 8.34. The smallest absolute Gasteiger partial charge is 0.250 e. The molecular formula is C16H24F2N4O2. The van der Waals surface area contributed by atoms with Crippen LogP contribution in [0.1, 0.15) is 25.1 Å². The molecule has 0 aliphatic carbocycles. The Morgan fingerprint density at radius 1 is 1.29 bits per heavy atom. The number of nitrogens with zero attached hydrogens (tertiary/aromatic N) is 4. The largest absolute Gasteiger partial charge is 0.387 e. The van der Waals surface area contributed by atoms with E-state index in [-0.39, 0.29) is 44.9 Å². The molecule has 3 heterocycles. The van der Waals surface area contributed by atoms with Crippen molar-refractivity contribution in [3.63, 3.8) is 0 Å². The molecule has 3 rings (SSSR count). The summed E-state index contributed by atoms with van der Waals surface area (Å²) in [6.07, 6.45) is 3.56. The Labute approximate surface area is 140 Å². The number of hydrogen-bond donors (Lipinski definition) is 1. The molecule has 1 amide bonds. The fourth-order valence-electron chi connectivity index (χ4n) is 3.47. The summed E-state index contributed by atoms with van der Waals surface area (Å²) in [5, 5.41) is 10.7. The van der Waals surface area contributed by atoms with Crippen LogP contribution in [0.3, 0.4) is 0 Å². The number of piperidine rings is 1. The SMILES string of the molecule is Cc1nccn1CC(=O)N1CC[C@](O)(CN2CCC(F)(F)CC2)C1. The van der Waals surface area contributed by atoms with Gasteiger partial charge >= 0.3 is 0 Å². The maximum Gasteiger partial charge on any atom is 0.250 e. The summed E-state index contributed by atoms with van der Waals surface area (Å²) in [7, 11) is 0. The average Bonchev–Trinajstić information content (AvgIpc) is 3.09. The number of imidazole rings is 1. The van der Waals surface area contributed by atoms with E-state index in [9.17, 15) is 18.7 Å². The normalized spacial score (nSPS) is 27.6. The summed E-state index contributed by atoms with van der Waals surface area (Å²) < 4.78 is 28.2. The summed E-state index contributed by atoms with van der Waals surface area (Å²) in [6, 6.07) is 0. The van der Waals surface area contributed by atoms with Crippen molar-refractivity contribution in [1.82, 2.24) is 19.4 Å². The molecule has 0 aromatic carbocycles. The van der Waals surface area contributed by atoms with Gasteiger partial charge in [-0.15, -0.1) is 0 Å². The maximum absolute atomic E-state index is 13.2. The second kappa shape index (κ2) is 6.40. The number of hydrogen-bond acceptors (Lipinski definition) is 4. The van der Waals surface area contributed by atoms with Crippen LogP contribution in [-0.4, -0.2) is 74.6 Å². The maximum atomic E-state index is 13.2. The quantitative estimate of drug-likeness (QED) is 0.883. The highest BCUT2D eigenvalue weighted by Gasteiger charge is 2.42. The number of aromatic nitrogens is 2. The van der Waals surface area contributed by atoms with Crippen LogP contribution in [0.5, 0.6) is 0 Å². The molecule has 1 atom stereocenters. The summed E-state index contributed by atoms with van der Waals surface area (Å²) >= 11 is 0. The van der Waals surface area contributed by atoms with Crippen LogP contribution < -0.4 is 0 Å². The lowest BCUT2D eigenvalue weighted by Gasteiger charge is -2.36. The topological polar surface area (TPSA) is 61.6 Å². The number of amides is 1. The number of alkyl halides is 2. The van der Waals surface area contributed by atoms with Gasteiger partial charge < -0.3 is 14.6 Å². The standard InChI is InChI=1S/C16H24F2N4O2/c1-13-19-5-9-21(13)10-14(23)22-8-2-15(24,12-22)11-20-6-3-16(17,18)4-7-20/h5,9,24H,2-4,6-8,10-12H2,1H3/t15-/m0/s1. The molecule has 2 aliphatic heterocycles. The summed E-state index contributed by atoms with van der Waals surface area (Å²) in [4.78, 5) is 20.0. The van der Waals surface area contributed by atoms with Crippen molar-refractivity contribution in [1.29, 1.82) is 0 Å². The van der Waals surface area contributed by atoms with E-state index in [1.165, 1.54) is 0 Å². The molecular weight excluding hydrogens is 318 g/mol. The Morgan fingerprint density at radius 3 is 2.62 bits per heavy atom. The number of likely N-dealkylation sites (tertiary alicyclic amines) is 2. The van der Waals surface area contributed by atoms with Gasteiger partial charge in [0.2, 0.25) is 5.91 Å². The first-order valence-electron chi connectivity index (χ1n) is 8.34. The Kier molecular flexibility index (Phi) is 4.61. The molecule has 0 bridgehead atoms. The van der Waals surface area contributed by atoms with E-state index >= 15 is 0 Å². The zero-order valence-corrected chi connectivity index (χ0v) is 13.9. The van der Waals surface area contributed by atoms with Crippen molar-refractivity contribution in [3.05, 3.63) is 18.2 Å². The fourth-order valence-corrected chi connectivity index (χ4v) is 3.47. The molecule has 8 heteroatoms. The third-order valence-corrected chi connectivity index (χ3v) is 5.02. The highest BCUT2D eigenvalue weighted by molar-refractivity contribution is 5.76. The van der Waals surface area contributed by atoms with E-state index in [2.05, 4.69) is 4.98 Å². The second-order valence-electron chi connectivity index (χ2n) is 7.02.